The summed E-state index contributed by atoms with van der Waals surface area (Å²) >= 11 is 0. The maximum absolute atomic E-state index is 5.49. The number of ether oxygens (including phenoxy) is 1. The van der Waals surface area contributed by atoms with E-state index in [2.05, 4.69) is 27.3 Å². The molecule has 0 bridgehead atoms. The number of nitrogens with zero attached hydrogens (tertiary/aromatic N) is 3. The normalized spacial score (nSPS) is 21.1. The highest BCUT2D eigenvalue weighted by Gasteiger charge is 2.17. The molecular weight excluding hydrogens is 204 g/mol. The van der Waals surface area contributed by atoms with Gasteiger partial charge in [-0.05, 0) is 26.1 Å². The topological polar surface area (TPSA) is 50.3 Å². The predicted molar refractivity (Wildman–Crippen MR) is 62.4 cm³/mol. The van der Waals surface area contributed by atoms with Crippen LogP contribution in [-0.2, 0) is 11.3 Å². The summed E-state index contributed by atoms with van der Waals surface area (Å²) in [6.45, 7) is 5.38. The van der Waals surface area contributed by atoms with E-state index in [1.165, 1.54) is 0 Å². The zero-order chi connectivity index (χ0) is 11.4. The van der Waals surface area contributed by atoms with E-state index in [1.54, 1.807) is 0 Å². The van der Waals surface area contributed by atoms with E-state index in [1.807, 2.05) is 19.2 Å². The van der Waals surface area contributed by atoms with Crippen molar-refractivity contribution in [2.45, 2.75) is 19.6 Å². The van der Waals surface area contributed by atoms with Crippen molar-refractivity contribution in [3.05, 3.63) is 17.8 Å². The van der Waals surface area contributed by atoms with Crippen molar-refractivity contribution < 1.29 is 4.74 Å². The van der Waals surface area contributed by atoms with Crippen LogP contribution in [0.4, 0.5) is 5.82 Å². The monoisotopic (exact) mass is 222 g/mol. The van der Waals surface area contributed by atoms with Gasteiger partial charge in [0.05, 0.1) is 18.4 Å². The second-order valence-electron chi connectivity index (χ2n) is 4.04. The van der Waals surface area contributed by atoms with E-state index in [-0.39, 0.29) is 6.10 Å². The molecule has 1 atom stereocenters. The minimum absolute atomic E-state index is 0.271. The summed E-state index contributed by atoms with van der Waals surface area (Å²) in [5.74, 6) is 0.940. The maximum atomic E-state index is 5.49. The molecule has 1 aliphatic heterocycles. The second-order valence-corrected chi connectivity index (χ2v) is 4.04. The summed E-state index contributed by atoms with van der Waals surface area (Å²) in [5.41, 5.74) is 0.965. The van der Waals surface area contributed by atoms with Crippen molar-refractivity contribution >= 4 is 5.82 Å². The fourth-order valence-corrected chi connectivity index (χ4v) is 1.82. The van der Waals surface area contributed by atoms with E-state index in [9.17, 15) is 0 Å². The highest BCUT2D eigenvalue weighted by molar-refractivity contribution is 5.37. The Morgan fingerprint density at radius 1 is 1.50 bits per heavy atom. The van der Waals surface area contributed by atoms with Gasteiger partial charge in [0.1, 0.15) is 0 Å². The third kappa shape index (κ3) is 2.68. The average molecular weight is 222 g/mol. The Bertz CT molecular complexity index is 327. The largest absolute Gasteiger partial charge is 0.375 e. The van der Waals surface area contributed by atoms with Crippen LogP contribution in [0.1, 0.15) is 12.6 Å². The molecule has 1 fully saturated rings. The molecule has 1 unspecified atom stereocenters. The summed E-state index contributed by atoms with van der Waals surface area (Å²) in [6.07, 6.45) is 0.271. The molecule has 88 valence electrons. The van der Waals surface area contributed by atoms with Gasteiger partial charge < -0.3 is 15.0 Å². The molecule has 5 heteroatoms. The highest BCUT2D eigenvalue weighted by atomic mass is 16.5. The van der Waals surface area contributed by atoms with Gasteiger partial charge in [-0.25, -0.2) is 0 Å². The molecule has 0 saturated carbocycles. The molecule has 1 aliphatic rings. The second kappa shape index (κ2) is 5.23. The third-order valence-electron chi connectivity index (χ3n) is 2.63. The van der Waals surface area contributed by atoms with Crippen LogP contribution in [0.2, 0.25) is 0 Å². The Morgan fingerprint density at radius 2 is 2.38 bits per heavy atom. The van der Waals surface area contributed by atoms with Gasteiger partial charge in [-0.15, -0.1) is 5.10 Å². The SMILES string of the molecule is CNCc1ccc(N2CCOC(C)C2)nn1. The number of morpholine rings is 1. The zero-order valence-electron chi connectivity index (χ0n) is 9.81. The van der Waals surface area contributed by atoms with Crippen LogP contribution in [0.25, 0.3) is 0 Å². The molecule has 0 radical (unpaired) electrons. The first kappa shape index (κ1) is 11.3. The molecule has 16 heavy (non-hydrogen) atoms. The van der Waals surface area contributed by atoms with Gasteiger partial charge in [-0.3, -0.25) is 0 Å². The quantitative estimate of drug-likeness (QED) is 0.803. The van der Waals surface area contributed by atoms with Crippen LogP contribution < -0.4 is 10.2 Å². The molecule has 1 N–H and O–H groups in total. The highest BCUT2D eigenvalue weighted by Crippen LogP contribution is 2.13. The smallest absolute Gasteiger partial charge is 0.151 e. The van der Waals surface area contributed by atoms with Gasteiger partial charge in [0.15, 0.2) is 5.82 Å². The molecule has 0 spiro atoms. The lowest BCUT2D eigenvalue weighted by Crippen LogP contribution is -2.41. The van der Waals surface area contributed by atoms with Gasteiger partial charge in [0.25, 0.3) is 0 Å². The minimum atomic E-state index is 0.271. The molecule has 2 heterocycles. The Balaban J connectivity index is 2.03. The van der Waals surface area contributed by atoms with Crippen LogP contribution in [-0.4, -0.2) is 43.0 Å². The summed E-state index contributed by atoms with van der Waals surface area (Å²) in [6, 6.07) is 4.04. The Kier molecular flexibility index (Phi) is 3.69. The van der Waals surface area contributed by atoms with Gasteiger partial charge in [0, 0.05) is 19.6 Å². The molecule has 0 amide bonds. The van der Waals surface area contributed by atoms with E-state index in [4.69, 9.17) is 4.74 Å². The standard InChI is InChI=1S/C11H18N4O/c1-9-8-15(5-6-16-9)11-4-3-10(7-12-2)13-14-11/h3-4,9,12H,5-8H2,1-2H3. The predicted octanol–water partition coefficient (Wildman–Crippen LogP) is 0.421. The summed E-state index contributed by atoms with van der Waals surface area (Å²) < 4.78 is 5.49. The van der Waals surface area contributed by atoms with Crippen LogP contribution in [0.15, 0.2) is 12.1 Å². The fraction of sp³-hybridized carbons (Fsp3) is 0.636. The van der Waals surface area contributed by atoms with Gasteiger partial charge in [-0.1, -0.05) is 0 Å². The van der Waals surface area contributed by atoms with Gasteiger partial charge in [-0.2, -0.15) is 5.10 Å². The molecule has 5 nitrogen and oxygen atoms in total. The molecule has 0 aliphatic carbocycles. The molecule has 1 aromatic heterocycles. The van der Waals surface area contributed by atoms with Crippen molar-refractivity contribution in [2.24, 2.45) is 0 Å². The Morgan fingerprint density at radius 3 is 3.00 bits per heavy atom. The fourth-order valence-electron chi connectivity index (χ4n) is 1.82. The van der Waals surface area contributed by atoms with E-state index >= 15 is 0 Å². The number of hydrogen-bond acceptors (Lipinski definition) is 5. The maximum Gasteiger partial charge on any atom is 0.151 e. The Hall–Kier alpha value is -1.20. The van der Waals surface area contributed by atoms with Crippen LogP contribution in [0, 0.1) is 0 Å². The summed E-state index contributed by atoms with van der Waals surface area (Å²) in [5, 5.41) is 11.5. The molecule has 0 aromatic carbocycles. The number of anilines is 1. The number of aromatic nitrogens is 2. The van der Waals surface area contributed by atoms with Gasteiger partial charge >= 0.3 is 0 Å². The van der Waals surface area contributed by atoms with Crippen molar-refractivity contribution in [3.8, 4) is 0 Å². The molecule has 1 aromatic rings. The first-order valence-corrected chi connectivity index (χ1v) is 5.63. The van der Waals surface area contributed by atoms with E-state index in [0.29, 0.717) is 0 Å². The first-order valence-electron chi connectivity index (χ1n) is 5.63. The summed E-state index contributed by atoms with van der Waals surface area (Å²) in [4.78, 5) is 2.21. The van der Waals surface area contributed by atoms with Crippen LogP contribution in [0.5, 0.6) is 0 Å². The first-order chi connectivity index (χ1) is 7.79. The lowest BCUT2D eigenvalue weighted by atomic mass is 10.3. The van der Waals surface area contributed by atoms with Gasteiger partial charge in [0.2, 0.25) is 0 Å². The Labute approximate surface area is 95.8 Å². The average Bonchev–Trinajstić information content (AvgIpc) is 2.30. The van der Waals surface area contributed by atoms with Crippen LogP contribution >= 0.6 is 0 Å². The number of nitrogens with one attached hydrogen (secondary N) is 1. The number of hydrogen-bond donors (Lipinski definition) is 1. The van der Waals surface area contributed by atoms with Crippen LogP contribution in [0.3, 0.4) is 0 Å². The van der Waals surface area contributed by atoms with E-state index in [0.717, 1.165) is 37.8 Å². The third-order valence-corrected chi connectivity index (χ3v) is 2.63. The van der Waals surface area contributed by atoms with Crippen molar-refractivity contribution in [2.75, 3.05) is 31.6 Å². The summed E-state index contributed by atoms with van der Waals surface area (Å²) in [7, 11) is 1.90. The minimum Gasteiger partial charge on any atom is -0.375 e. The zero-order valence-corrected chi connectivity index (χ0v) is 9.81. The molecule has 1 saturated heterocycles. The molecule has 2 rings (SSSR count). The number of rotatable bonds is 3. The lowest BCUT2D eigenvalue weighted by molar-refractivity contribution is 0.0529. The van der Waals surface area contributed by atoms with Crippen molar-refractivity contribution in [3.63, 3.8) is 0 Å². The van der Waals surface area contributed by atoms with Crippen molar-refractivity contribution in [1.82, 2.24) is 15.5 Å². The lowest BCUT2D eigenvalue weighted by Gasteiger charge is -2.31. The van der Waals surface area contributed by atoms with E-state index < -0.39 is 0 Å². The molecular formula is C11H18N4O. The van der Waals surface area contributed by atoms with Crippen molar-refractivity contribution in [1.29, 1.82) is 0 Å².